The first-order chi connectivity index (χ1) is 14.6. The van der Waals surface area contributed by atoms with Gasteiger partial charge in [-0.1, -0.05) is 72.8 Å². The molecule has 150 valence electrons. The van der Waals surface area contributed by atoms with Crippen molar-refractivity contribution >= 4 is 27.3 Å². The topological polar surface area (TPSA) is 33.5 Å². The first-order valence-corrected chi connectivity index (χ1v) is 10.1. The number of benzene rings is 3. The predicted octanol–water partition coefficient (Wildman–Crippen LogP) is 5.91. The number of rotatable bonds is 3. The lowest BCUT2D eigenvalue weighted by Crippen LogP contribution is -2.13. The van der Waals surface area contributed by atoms with E-state index >= 15 is 0 Å². The summed E-state index contributed by atoms with van der Waals surface area (Å²) in [6.07, 6.45) is 5.13. The van der Waals surface area contributed by atoms with Crippen LogP contribution in [0.4, 0.5) is 0 Å². The van der Waals surface area contributed by atoms with Gasteiger partial charge in [-0.25, -0.2) is 0 Å². The number of hydrogen-bond acceptors (Lipinski definition) is 3. The number of allylic oxidation sites excluding steroid dienone is 2. The molecule has 0 spiro atoms. The van der Waals surface area contributed by atoms with Crippen molar-refractivity contribution in [2.45, 2.75) is 6.42 Å². The lowest BCUT2D eigenvalue weighted by molar-refractivity contribution is 0.449. The molecule has 3 heteroatoms. The van der Waals surface area contributed by atoms with Crippen LogP contribution in [-0.4, -0.2) is 25.5 Å². The van der Waals surface area contributed by atoms with E-state index in [2.05, 4.69) is 65.6 Å². The molecule has 0 fully saturated rings. The van der Waals surface area contributed by atoms with Crippen molar-refractivity contribution in [3.8, 4) is 0 Å². The Bertz CT molecular complexity index is 1230. The van der Waals surface area contributed by atoms with Crippen LogP contribution in [0.5, 0.6) is 0 Å². The van der Waals surface area contributed by atoms with Gasteiger partial charge in [0, 0.05) is 12.6 Å². The molecule has 0 unspecified atom stereocenters. The minimum Gasteiger partial charge on any atom is -0.456 e. The molecule has 1 heterocycles. The van der Waals surface area contributed by atoms with Crippen LogP contribution < -0.4 is 5.43 Å². The number of para-hydroxylation sites is 1. The fourth-order valence-electron chi connectivity index (χ4n) is 3.62. The summed E-state index contributed by atoms with van der Waals surface area (Å²) in [5.74, 6) is 0.679. The Hall–Kier alpha value is -3.43. The van der Waals surface area contributed by atoms with Crippen molar-refractivity contribution in [2.24, 2.45) is 0 Å². The van der Waals surface area contributed by atoms with Gasteiger partial charge in [-0.05, 0) is 54.6 Å². The summed E-state index contributed by atoms with van der Waals surface area (Å²) in [7, 11) is 4.09. The van der Waals surface area contributed by atoms with Gasteiger partial charge in [-0.15, -0.1) is 0 Å². The summed E-state index contributed by atoms with van der Waals surface area (Å²) >= 11 is 0. The maximum Gasteiger partial charge on any atom is 0.193 e. The predicted molar refractivity (Wildman–Crippen MR) is 126 cm³/mol. The molecule has 1 aliphatic carbocycles. The Morgan fingerprint density at radius 3 is 2.10 bits per heavy atom. The molecular formula is C27H25NO2. The molecule has 0 aliphatic heterocycles. The monoisotopic (exact) mass is 395 g/mol. The molecule has 0 atom stereocenters. The molecule has 5 rings (SSSR count). The third kappa shape index (κ3) is 4.58. The highest BCUT2D eigenvalue weighted by atomic mass is 16.3. The van der Waals surface area contributed by atoms with E-state index in [9.17, 15) is 4.79 Å². The number of likely N-dealkylation sites (N-methyl/N-ethyl adjacent to an activating group) is 1. The van der Waals surface area contributed by atoms with Crippen LogP contribution in [0.25, 0.3) is 27.3 Å². The second-order valence-electron chi connectivity index (χ2n) is 7.71. The lowest BCUT2D eigenvalue weighted by atomic mass is 10.1. The van der Waals surface area contributed by atoms with Gasteiger partial charge in [-0.2, -0.15) is 0 Å². The van der Waals surface area contributed by atoms with Crippen molar-refractivity contribution < 1.29 is 4.42 Å². The smallest absolute Gasteiger partial charge is 0.193 e. The lowest BCUT2D eigenvalue weighted by Gasteiger charge is -2.08. The van der Waals surface area contributed by atoms with Gasteiger partial charge in [0.2, 0.25) is 0 Å². The van der Waals surface area contributed by atoms with E-state index in [0.717, 1.165) is 18.5 Å². The molecule has 0 saturated carbocycles. The summed E-state index contributed by atoms with van der Waals surface area (Å²) in [4.78, 5) is 14.2. The third-order valence-electron chi connectivity index (χ3n) is 5.05. The largest absolute Gasteiger partial charge is 0.456 e. The molecule has 0 saturated heterocycles. The standard InChI is InChI=1S/C17H17NO2.C10H8/c1-18(2)11-12-7-8-13(9-12)17-10-15(19)14-5-3-4-6-16(14)20-17;1-2-6-10-8-4-3-7-9(10)5-1/h3-7,9-10H,8,11H2,1-2H3;1-8H. The molecular weight excluding hydrogens is 370 g/mol. The number of hydrogen-bond donors (Lipinski definition) is 0. The van der Waals surface area contributed by atoms with Crippen LogP contribution in [-0.2, 0) is 0 Å². The Balaban J connectivity index is 0.000000181. The Morgan fingerprint density at radius 2 is 1.47 bits per heavy atom. The molecule has 1 aromatic heterocycles. The Morgan fingerprint density at radius 1 is 0.867 bits per heavy atom. The van der Waals surface area contributed by atoms with Gasteiger partial charge in [0.25, 0.3) is 0 Å². The highest BCUT2D eigenvalue weighted by molar-refractivity contribution is 5.82. The zero-order chi connectivity index (χ0) is 20.9. The van der Waals surface area contributed by atoms with Crippen LogP contribution in [0.2, 0.25) is 0 Å². The van der Waals surface area contributed by atoms with Crippen LogP contribution in [0, 0.1) is 0 Å². The van der Waals surface area contributed by atoms with Crippen LogP contribution in [0.15, 0.2) is 106 Å². The van der Waals surface area contributed by atoms with Crippen molar-refractivity contribution in [1.82, 2.24) is 4.90 Å². The number of fused-ring (bicyclic) bond motifs is 2. The molecule has 3 aromatic carbocycles. The molecule has 0 radical (unpaired) electrons. The average molecular weight is 396 g/mol. The van der Waals surface area contributed by atoms with E-state index in [-0.39, 0.29) is 5.43 Å². The van der Waals surface area contributed by atoms with Gasteiger partial charge in [0.05, 0.1) is 5.39 Å². The average Bonchev–Trinajstić information content (AvgIpc) is 3.22. The van der Waals surface area contributed by atoms with Crippen molar-refractivity contribution in [2.75, 3.05) is 20.6 Å². The first kappa shape index (κ1) is 19.9. The van der Waals surface area contributed by atoms with Gasteiger partial charge in [0.15, 0.2) is 5.43 Å². The molecule has 3 nitrogen and oxygen atoms in total. The third-order valence-corrected chi connectivity index (χ3v) is 5.05. The van der Waals surface area contributed by atoms with Crippen LogP contribution in [0.3, 0.4) is 0 Å². The van der Waals surface area contributed by atoms with Crippen molar-refractivity contribution in [1.29, 1.82) is 0 Å². The van der Waals surface area contributed by atoms with Crippen LogP contribution >= 0.6 is 0 Å². The van der Waals surface area contributed by atoms with Gasteiger partial charge in [-0.3, -0.25) is 4.79 Å². The molecule has 4 aromatic rings. The van der Waals surface area contributed by atoms with Crippen molar-refractivity contribution in [3.63, 3.8) is 0 Å². The summed E-state index contributed by atoms with van der Waals surface area (Å²) in [6.45, 7) is 0.904. The zero-order valence-electron chi connectivity index (χ0n) is 17.3. The second kappa shape index (κ2) is 8.93. The highest BCUT2D eigenvalue weighted by Gasteiger charge is 2.13. The van der Waals surface area contributed by atoms with E-state index in [1.807, 2.05) is 32.3 Å². The minimum atomic E-state index is 0.0174. The minimum absolute atomic E-state index is 0.0174. The molecule has 0 N–H and O–H groups in total. The second-order valence-corrected chi connectivity index (χ2v) is 7.71. The van der Waals surface area contributed by atoms with E-state index in [1.165, 1.54) is 16.3 Å². The van der Waals surface area contributed by atoms with Gasteiger partial charge in [0.1, 0.15) is 11.3 Å². The fraction of sp³-hybridized carbons (Fsp3) is 0.148. The highest BCUT2D eigenvalue weighted by Crippen LogP contribution is 2.28. The Kier molecular flexibility index (Phi) is 5.92. The SMILES string of the molecule is CN(C)CC1=CCC(c2cc(=O)c3ccccc3o2)=C1.c1ccc2ccccc2c1. The molecule has 1 aliphatic rings. The van der Waals surface area contributed by atoms with Gasteiger partial charge < -0.3 is 9.32 Å². The summed E-state index contributed by atoms with van der Waals surface area (Å²) in [5.41, 5.74) is 3.01. The summed E-state index contributed by atoms with van der Waals surface area (Å²) in [6, 6.07) is 25.7. The quantitative estimate of drug-likeness (QED) is 0.432. The van der Waals surface area contributed by atoms with Crippen molar-refractivity contribution in [3.05, 3.63) is 113 Å². The zero-order valence-corrected chi connectivity index (χ0v) is 17.3. The number of nitrogens with zero attached hydrogens (tertiary/aromatic N) is 1. The van der Waals surface area contributed by atoms with Crippen LogP contribution in [0.1, 0.15) is 12.2 Å². The van der Waals surface area contributed by atoms with Gasteiger partial charge >= 0.3 is 0 Å². The first-order valence-electron chi connectivity index (χ1n) is 10.1. The van der Waals surface area contributed by atoms with E-state index < -0.39 is 0 Å². The Labute approximate surface area is 176 Å². The summed E-state index contributed by atoms with van der Waals surface area (Å²) in [5, 5.41) is 3.26. The molecule has 0 amide bonds. The normalized spacial score (nSPS) is 13.2. The fourth-order valence-corrected chi connectivity index (χ4v) is 3.62. The maximum absolute atomic E-state index is 12.1. The van der Waals surface area contributed by atoms with E-state index in [4.69, 9.17) is 4.42 Å². The molecule has 0 bridgehead atoms. The summed E-state index contributed by atoms with van der Waals surface area (Å²) < 4.78 is 5.86. The maximum atomic E-state index is 12.1. The molecule has 30 heavy (non-hydrogen) atoms. The van der Waals surface area contributed by atoms with E-state index in [0.29, 0.717) is 16.7 Å². The van der Waals surface area contributed by atoms with E-state index in [1.54, 1.807) is 12.1 Å².